The predicted octanol–water partition coefficient (Wildman–Crippen LogP) is 3.34. The van der Waals surface area contributed by atoms with Gasteiger partial charge >= 0.3 is 0 Å². The van der Waals surface area contributed by atoms with E-state index in [0.717, 1.165) is 0 Å². The van der Waals surface area contributed by atoms with E-state index in [2.05, 4.69) is 0 Å². The van der Waals surface area contributed by atoms with E-state index >= 15 is 0 Å². The predicted molar refractivity (Wildman–Crippen MR) is 46.9 cm³/mol. The van der Waals surface area contributed by atoms with Crippen molar-refractivity contribution in [3.63, 3.8) is 0 Å². The van der Waals surface area contributed by atoms with Gasteiger partial charge in [0.2, 0.25) is 5.22 Å². The van der Waals surface area contributed by atoms with Crippen LogP contribution in [0.1, 0.15) is 0 Å². The molecule has 0 amide bonds. The Bertz CT molecular complexity index is 244. The maximum atomic E-state index is 5.51. The molecule has 0 bridgehead atoms. The fourth-order valence-electron chi connectivity index (χ4n) is 0.623. The van der Waals surface area contributed by atoms with Crippen molar-refractivity contribution in [2.24, 2.45) is 0 Å². The molecule has 0 fully saturated rings. The zero-order valence-electron chi connectivity index (χ0n) is 5.63. The third-order valence-corrected chi connectivity index (χ3v) is 1.54. The van der Waals surface area contributed by atoms with Crippen LogP contribution in [0.15, 0.2) is 41.1 Å². The number of hydrogen-bond acceptors (Lipinski definition) is 1. The third kappa shape index (κ3) is 2.83. The van der Waals surface area contributed by atoms with Crippen LogP contribution >= 0.6 is 23.2 Å². The first-order valence-corrected chi connectivity index (χ1v) is 3.83. The Morgan fingerprint density at radius 3 is 2.45 bits per heavy atom. The summed E-state index contributed by atoms with van der Waals surface area (Å²) in [6.45, 7) is 0. The smallest absolute Gasteiger partial charge is 0.205 e. The van der Waals surface area contributed by atoms with Crippen LogP contribution in [0.4, 0.5) is 0 Å². The fraction of sp³-hybridized carbons (Fsp3) is 0. The highest BCUT2D eigenvalue weighted by Gasteiger charge is 1.92. The molecule has 0 unspecified atom stereocenters. The standard InChI is InChI=1S/C8H6Cl2O/c9-6-8(10)11-7-4-2-1-3-5-7/h1-6H/b8-6+. The molecule has 0 spiro atoms. The van der Waals surface area contributed by atoms with E-state index in [1.54, 1.807) is 12.1 Å². The van der Waals surface area contributed by atoms with Crippen molar-refractivity contribution in [3.05, 3.63) is 41.1 Å². The second kappa shape index (κ2) is 4.27. The molecule has 0 N–H and O–H groups in total. The van der Waals surface area contributed by atoms with E-state index < -0.39 is 0 Å². The minimum atomic E-state index is 0.165. The molecule has 0 atom stereocenters. The van der Waals surface area contributed by atoms with E-state index in [0.29, 0.717) is 5.75 Å². The molecule has 3 heteroatoms. The molecule has 0 heterocycles. The first-order valence-electron chi connectivity index (χ1n) is 3.01. The monoisotopic (exact) mass is 188 g/mol. The largest absolute Gasteiger partial charge is 0.444 e. The molecule has 0 radical (unpaired) electrons. The highest BCUT2D eigenvalue weighted by molar-refractivity contribution is 6.35. The molecule has 0 aliphatic rings. The Morgan fingerprint density at radius 1 is 1.27 bits per heavy atom. The van der Waals surface area contributed by atoms with Crippen molar-refractivity contribution in [2.45, 2.75) is 0 Å². The Kier molecular flexibility index (Phi) is 3.27. The number of rotatable bonds is 2. The van der Waals surface area contributed by atoms with Crippen LogP contribution in [0.5, 0.6) is 5.75 Å². The van der Waals surface area contributed by atoms with Gasteiger partial charge in [-0.3, -0.25) is 0 Å². The van der Waals surface area contributed by atoms with Crippen molar-refractivity contribution < 1.29 is 4.74 Å². The maximum absolute atomic E-state index is 5.51. The van der Waals surface area contributed by atoms with Crippen LogP contribution in [0, 0.1) is 0 Å². The lowest BCUT2D eigenvalue weighted by Crippen LogP contribution is -1.85. The molecule has 1 rings (SSSR count). The summed E-state index contributed by atoms with van der Waals surface area (Å²) < 4.78 is 5.06. The van der Waals surface area contributed by atoms with Crippen LogP contribution in [0.2, 0.25) is 0 Å². The number of benzene rings is 1. The van der Waals surface area contributed by atoms with Crippen LogP contribution in [-0.2, 0) is 0 Å². The molecule has 0 saturated carbocycles. The summed E-state index contributed by atoms with van der Waals surface area (Å²) in [4.78, 5) is 0. The van der Waals surface area contributed by atoms with Gasteiger partial charge in [-0.2, -0.15) is 0 Å². The molecule has 0 aliphatic heterocycles. The Labute approximate surface area is 75.2 Å². The summed E-state index contributed by atoms with van der Waals surface area (Å²) in [5.74, 6) is 0.675. The summed E-state index contributed by atoms with van der Waals surface area (Å²) in [6.07, 6.45) is 0. The third-order valence-electron chi connectivity index (χ3n) is 1.04. The van der Waals surface area contributed by atoms with Crippen LogP contribution in [-0.4, -0.2) is 0 Å². The Hall–Kier alpha value is -0.660. The first-order chi connectivity index (χ1) is 5.33. The fourth-order valence-corrected chi connectivity index (χ4v) is 0.757. The second-order valence-electron chi connectivity index (χ2n) is 1.83. The number of para-hydroxylation sites is 1. The second-order valence-corrected chi connectivity index (χ2v) is 2.42. The van der Waals surface area contributed by atoms with Gasteiger partial charge in [0.25, 0.3) is 0 Å². The van der Waals surface area contributed by atoms with Gasteiger partial charge in [0.15, 0.2) is 0 Å². The summed E-state index contributed by atoms with van der Waals surface area (Å²) in [5.41, 5.74) is 1.18. The highest BCUT2D eigenvalue weighted by atomic mass is 35.5. The van der Waals surface area contributed by atoms with Crippen molar-refractivity contribution in [1.82, 2.24) is 0 Å². The van der Waals surface area contributed by atoms with Crippen molar-refractivity contribution >= 4 is 23.2 Å². The van der Waals surface area contributed by atoms with Crippen LogP contribution in [0.25, 0.3) is 0 Å². The highest BCUT2D eigenvalue weighted by Crippen LogP contribution is 2.14. The first kappa shape index (κ1) is 8.44. The lowest BCUT2D eigenvalue weighted by molar-refractivity contribution is 0.464. The lowest BCUT2D eigenvalue weighted by atomic mass is 10.3. The molecule has 1 aromatic rings. The topological polar surface area (TPSA) is 9.23 Å². The summed E-state index contributed by atoms with van der Waals surface area (Å²) in [6, 6.07) is 9.19. The molecule has 1 aromatic carbocycles. The van der Waals surface area contributed by atoms with E-state index in [1.807, 2.05) is 18.2 Å². The molecular weight excluding hydrogens is 183 g/mol. The Balaban J connectivity index is 2.65. The van der Waals surface area contributed by atoms with Gasteiger partial charge in [-0.05, 0) is 23.7 Å². The average Bonchev–Trinajstić information content (AvgIpc) is 2.06. The number of halogens is 2. The molecule has 0 aliphatic carbocycles. The quantitative estimate of drug-likeness (QED) is 0.648. The van der Waals surface area contributed by atoms with Gasteiger partial charge in [-0.1, -0.05) is 29.8 Å². The van der Waals surface area contributed by atoms with E-state index in [9.17, 15) is 0 Å². The SMILES string of the molecule is Cl/C=C(\Cl)Oc1ccccc1. The summed E-state index contributed by atoms with van der Waals surface area (Å²) in [7, 11) is 0. The zero-order chi connectivity index (χ0) is 8.10. The van der Waals surface area contributed by atoms with Gasteiger partial charge in [0.05, 0.1) is 5.54 Å². The van der Waals surface area contributed by atoms with Crippen molar-refractivity contribution in [1.29, 1.82) is 0 Å². The molecular formula is C8H6Cl2O. The normalized spacial score (nSPS) is 11.3. The minimum Gasteiger partial charge on any atom is -0.444 e. The van der Waals surface area contributed by atoms with E-state index in [4.69, 9.17) is 27.9 Å². The van der Waals surface area contributed by atoms with Gasteiger partial charge in [-0.15, -0.1) is 0 Å². The number of hydrogen-bond donors (Lipinski definition) is 0. The maximum Gasteiger partial charge on any atom is 0.205 e. The van der Waals surface area contributed by atoms with Crippen molar-refractivity contribution in [2.75, 3.05) is 0 Å². The van der Waals surface area contributed by atoms with Gasteiger partial charge in [0.1, 0.15) is 5.75 Å². The number of ether oxygens (including phenoxy) is 1. The molecule has 11 heavy (non-hydrogen) atoms. The lowest BCUT2D eigenvalue weighted by Gasteiger charge is -2.00. The summed E-state index contributed by atoms with van der Waals surface area (Å²) >= 11 is 10.8. The average molecular weight is 189 g/mol. The van der Waals surface area contributed by atoms with Crippen LogP contribution in [0.3, 0.4) is 0 Å². The Morgan fingerprint density at radius 2 is 1.91 bits per heavy atom. The molecule has 0 aromatic heterocycles. The molecule has 0 saturated heterocycles. The minimum absolute atomic E-state index is 0.165. The van der Waals surface area contributed by atoms with Gasteiger partial charge in [0, 0.05) is 0 Å². The van der Waals surface area contributed by atoms with Gasteiger partial charge in [-0.25, -0.2) is 0 Å². The van der Waals surface area contributed by atoms with Gasteiger partial charge < -0.3 is 4.74 Å². The van der Waals surface area contributed by atoms with E-state index in [-0.39, 0.29) is 5.22 Å². The molecule has 58 valence electrons. The van der Waals surface area contributed by atoms with E-state index in [1.165, 1.54) is 5.54 Å². The van der Waals surface area contributed by atoms with Crippen molar-refractivity contribution in [3.8, 4) is 5.75 Å². The molecule has 1 nitrogen and oxygen atoms in total. The zero-order valence-corrected chi connectivity index (χ0v) is 7.14. The van der Waals surface area contributed by atoms with Crippen LogP contribution < -0.4 is 4.74 Å². The summed E-state index contributed by atoms with van der Waals surface area (Å²) in [5, 5.41) is 0.165.